The third kappa shape index (κ3) is 4.28. The van der Waals surface area contributed by atoms with Crippen LogP contribution in [0.4, 0.5) is 0 Å². The van der Waals surface area contributed by atoms with Crippen LogP contribution in [0.25, 0.3) is 0 Å². The van der Waals surface area contributed by atoms with E-state index in [0.29, 0.717) is 18.8 Å². The highest BCUT2D eigenvalue weighted by molar-refractivity contribution is 5.85. The molecule has 7 nitrogen and oxygen atoms in total. The van der Waals surface area contributed by atoms with Crippen molar-refractivity contribution in [2.24, 2.45) is 13.0 Å². The molecular formula is C18H25ClN4O3. The summed E-state index contributed by atoms with van der Waals surface area (Å²) in [6.07, 6.45) is 3.81. The Morgan fingerprint density at radius 1 is 1.35 bits per heavy atom. The average molecular weight is 381 g/mol. The summed E-state index contributed by atoms with van der Waals surface area (Å²) >= 11 is 0. The standard InChI is InChI=1S/C18H24N4O3.ClH/c1-22-11-13(8-21-22)15-9-19-10-16(15)18(23)20-7-12-4-5-14(24-2)6-17(12)25-3;/h4-6,8,11,15-16,19H,7,9-10H2,1-3H3,(H,20,23);1H/t15-,16+;/m1./s1. The lowest BCUT2D eigenvalue weighted by Crippen LogP contribution is -2.34. The third-order valence-corrected chi connectivity index (χ3v) is 4.65. The molecule has 2 aromatic rings. The van der Waals surface area contributed by atoms with Gasteiger partial charge in [0.2, 0.25) is 5.91 Å². The van der Waals surface area contributed by atoms with Gasteiger partial charge in [-0.2, -0.15) is 5.10 Å². The summed E-state index contributed by atoms with van der Waals surface area (Å²) in [7, 11) is 5.11. The minimum absolute atomic E-state index is 0. The number of methoxy groups -OCH3 is 2. The number of aromatic nitrogens is 2. The molecule has 1 aromatic carbocycles. The second-order valence-electron chi connectivity index (χ2n) is 6.21. The van der Waals surface area contributed by atoms with Gasteiger partial charge in [-0.05, 0) is 17.7 Å². The molecule has 1 aliphatic rings. The van der Waals surface area contributed by atoms with Gasteiger partial charge in [-0.25, -0.2) is 0 Å². The number of hydrogen-bond donors (Lipinski definition) is 2. The van der Waals surface area contributed by atoms with Crippen molar-refractivity contribution in [1.29, 1.82) is 0 Å². The quantitative estimate of drug-likeness (QED) is 0.793. The predicted molar refractivity (Wildman–Crippen MR) is 101 cm³/mol. The van der Waals surface area contributed by atoms with Crippen LogP contribution in [0.2, 0.25) is 0 Å². The van der Waals surface area contributed by atoms with Crippen molar-refractivity contribution in [3.05, 3.63) is 41.7 Å². The fraction of sp³-hybridized carbons (Fsp3) is 0.444. The summed E-state index contributed by atoms with van der Waals surface area (Å²) in [5.74, 6) is 1.51. The molecule has 26 heavy (non-hydrogen) atoms. The van der Waals surface area contributed by atoms with Crippen LogP contribution < -0.4 is 20.1 Å². The Labute approximate surface area is 159 Å². The van der Waals surface area contributed by atoms with Crippen molar-refractivity contribution in [2.75, 3.05) is 27.3 Å². The van der Waals surface area contributed by atoms with E-state index in [1.165, 1.54) is 0 Å². The highest BCUT2D eigenvalue weighted by Gasteiger charge is 2.34. The summed E-state index contributed by atoms with van der Waals surface area (Å²) in [4.78, 5) is 12.7. The van der Waals surface area contributed by atoms with E-state index in [0.717, 1.165) is 23.4 Å². The first kappa shape index (κ1) is 20.1. The van der Waals surface area contributed by atoms with Gasteiger partial charge in [-0.3, -0.25) is 9.48 Å². The van der Waals surface area contributed by atoms with Gasteiger partial charge in [0.1, 0.15) is 11.5 Å². The molecule has 1 fully saturated rings. The molecule has 0 bridgehead atoms. The SMILES string of the molecule is COc1ccc(CNC(=O)[C@H]2CNC[C@@H]2c2cnn(C)c2)c(OC)c1.Cl. The molecule has 1 saturated heterocycles. The summed E-state index contributed by atoms with van der Waals surface area (Å²) in [6.45, 7) is 1.88. The number of hydrogen-bond acceptors (Lipinski definition) is 5. The lowest BCUT2D eigenvalue weighted by molar-refractivity contribution is -0.125. The fourth-order valence-corrected chi connectivity index (χ4v) is 3.25. The van der Waals surface area contributed by atoms with E-state index in [1.54, 1.807) is 18.9 Å². The molecule has 8 heteroatoms. The van der Waals surface area contributed by atoms with E-state index in [1.807, 2.05) is 37.6 Å². The largest absolute Gasteiger partial charge is 0.497 e. The van der Waals surface area contributed by atoms with Gasteiger partial charge in [0.25, 0.3) is 0 Å². The Kier molecular flexibility index (Phi) is 6.88. The number of rotatable bonds is 6. The van der Waals surface area contributed by atoms with Crippen molar-refractivity contribution < 1.29 is 14.3 Å². The number of benzene rings is 1. The van der Waals surface area contributed by atoms with E-state index in [9.17, 15) is 4.79 Å². The van der Waals surface area contributed by atoms with Gasteiger partial charge in [0.15, 0.2) is 0 Å². The number of aryl methyl sites for hydroxylation is 1. The molecule has 0 spiro atoms. The monoisotopic (exact) mass is 380 g/mol. The van der Waals surface area contributed by atoms with E-state index < -0.39 is 0 Å². The minimum atomic E-state index is -0.103. The molecule has 2 atom stereocenters. The molecule has 1 aliphatic heterocycles. The maximum Gasteiger partial charge on any atom is 0.225 e. The second kappa shape index (κ2) is 8.91. The number of amides is 1. The maximum atomic E-state index is 12.7. The number of nitrogens with one attached hydrogen (secondary N) is 2. The zero-order valence-corrected chi connectivity index (χ0v) is 16.0. The number of ether oxygens (including phenoxy) is 2. The van der Waals surface area contributed by atoms with Crippen molar-refractivity contribution in [2.45, 2.75) is 12.5 Å². The first-order valence-electron chi connectivity index (χ1n) is 8.30. The Morgan fingerprint density at radius 2 is 2.15 bits per heavy atom. The van der Waals surface area contributed by atoms with Crippen molar-refractivity contribution in [3.63, 3.8) is 0 Å². The first-order chi connectivity index (χ1) is 12.1. The zero-order valence-electron chi connectivity index (χ0n) is 15.2. The Bertz CT molecular complexity index is 750. The molecular weight excluding hydrogens is 356 g/mol. The van der Waals surface area contributed by atoms with Crippen LogP contribution >= 0.6 is 12.4 Å². The topological polar surface area (TPSA) is 77.4 Å². The predicted octanol–water partition coefficient (Wildman–Crippen LogP) is 1.48. The van der Waals surface area contributed by atoms with Gasteiger partial charge in [-0.1, -0.05) is 0 Å². The summed E-state index contributed by atoms with van der Waals surface area (Å²) < 4.78 is 12.4. The molecule has 0 unspecified atom stereocenters. The van der Waals surface area contributed by atoms with Gasteiger partial charge in [-0.15, -0.1) is 12.4 Å². The third-order valence-electron chi connectivity index (χ3n) is 4.65. The van der Waals surface area contributed by atoms with Crippen molar-refractivity contribution >= 4 is 18.3 Å². The number of halogens is 1. The minimum Gasteiger partial charge on any atom is -0.497 e. The average Bonchev–Trinajstić information content (AvgIpc) is 3.28. The lowest BCUT2D eigenvalue weighted by atomic mass is 9.90. The van der Waals surface area contributed by atoms with Gasteiger partial charge in [0.05, 0.1) is 26.3 Å². The van der Waals surface area contributed by atoms with E-state index >= 15 is 0 Å². The Hall–Kier alpha value is -2.25. The van der Waals surface area contributed by atoms with Gasteiger partial charge < -0.3 is 20.1 Å². The smallest absolute Gasteiger partial charge is 0.225 e. The zero-order chi connectivity index (χ0) is 17.8. The molecule has 1 amide bonds. The van der Waals surface area contributed by atoms with Crippen LogP contribution in [0, 0.1) is 5.92 Å². The second-order valence-corrected chi connectivity index (χ2v) is 6.21. The van der Waals surface area contributed by atoms with Crippen LogP contribution in [0.1, 0.15) is 17.0 Å². The van der Waals surface area contributed by atoms with Crippen molar-refractivity contribution in [3.8, 4) is 11.5 Å². The number of carbonyl (C=O) groups is 1. The highest BCUT2D eigenvalue weighted by atomic mass is 35.5. The highest BCUT2D eigenvalue weighted by Crippen LogP contribution is 2.28. The van der Waals surface area contributed by atoms with E-state index in [-0.39, 0.29) is 30.2 Å². The van der Waals surface area contributed by atoms with Crippen LogP contribution in [-0.4, -0.2) is 43.0 Å². The van der Waals surface area contributed by atoms with Crippen molar-refractivity contribution in [1.82, 2.24) is 20.4 Å². The molecule has 3 rings (SSSR count). The van der Waals surface area contributed by atoms with Crippen LogP contribution in [0.5, 0.6) is 11.5 Å². The molecule has 0 saturated carbocycles. The first-order valence-corrected chi connectivity index (χ1v) is 8.30. The molecule has 142 valence electrons. The van der Waals surface area contributed by atoms with Crippen LogP contribution in [0.15, 0.2) is 30.6 Å². The molecule has 2 N–H and O–H groups in total. The molecule has 0 aliphatic carbocycles. The lowest BCUT2D eigenvalue weighted by Gasteiger charge is -2.18. The summed E-state index contributed by atoms with van der Waals surface area (Å²) in [5, 5.41) is 10.6. The van der Waals surface area contributed by atoms with E-state index in [2.05, 4.69) is 15.7 Å². The molecule has 1 aromatic heterocycles. The van der Waals surface area contributed by atoms with Crippen LogP contribution in [-0.2, 0) is 18.4 Å². The van der Waals surface area contributed by atoms with E-state index in [4.69, 9.17) is 9.47 Å². The Balaban J connectivity index is 0.00000243. The Morgan fingerprint density at radius 3 is 2.81 bits per heavy atom. The number of nitrogens with zero attached hydrogens (tertiary/aromatic N) is 2. The summed E-state index contributed by atoms with van der Waals surface area (Å²) in [5.41, 5.74) is 2.01. The number of carbonyl (C=O) groups excluding carboxylic acids is 1. The summed E-state index contributed by atoms with van der Waals surface area (Å²) in [6, 6.07) is 5.58. The van der Waals surface area contributed by atoms with Crippen LogP contribution in [0.3, 0.4) is 0 Å². The fourth-order valence-electron chi connectivity index (χ4n) is 3.25. The maximum absolute atomic E-state index is 12.7. The van der Waals surface area contributed by atoms with Gasteiger partial charge in [0, 0.05) is 50.4 Å². The molecule has 2 heterocycles. The van der Waals surface area contributed by atoms with Gasteiger partial charge >= 0.3 is 0 Å². The normalized spacial score (nSPS) is 18.9. The molecule has 0 radical (unpaired) electrons.